The van der Waals surface area contributed by atoms with E-state index in [1.807, 2.05) is 0 Å². The maximum atomic E-state index is 5.44. The van der Waals surface area contributed by atoms with E-state index in [4.69, 9.17) is 9.47 Å². The number of morpholine rings is 2. The molecule has 2 atom stereocenters. The standard InChI is InChI=1S/C11H22N2O2/c1-10-8-15-7-5-13(10)4-2-11-9-14-6-3-12-11/h10-12H,2-9H2,1H3. The van der Waals surface area contributed by atoms with Gasteiger partial charge in [-0.25, -0.2) is 0 Å². The molecule has 0 saturated carbocycles. The van der Waals surface area contributed by atoms with Crippen molar-refractivity contribution in [3.05, 3.63) is 0 Å². The monoisotopic (exact) mass is 214 g/mol. The van der Waals surface area contributed by atoms with E-state index >= 15 is 0 Å². The number of hydrogen-bond acceptors (Lipinski definition) is 4. The molecule has 2 aliphatic rings. The van der Waals surface area contributed by atoms with E-state index in [1.165, 1.54) is 6.42 Å². The lowest BCUT2D eigenvalue weighted by molar-refractivity contribution is -0.00538. The highest BCUT2D eigenvalue weighted by molar-refractivity contribution is 4.76. The van der Waals surface area contributed by atoms with Crippen LogP contribution in [0.2, 0.25) is 0 Å². The average molecular weight is 214 g/mol. The zero-order valence-electron chi connectivity index (χ0n) is 9.58. The smallest absolute Gasteiger partial charge is 0.0620 e. The van der Waals surface area contributed by atoms with Crippen molar-refractivity contribution in [2.24, 2.45) is 0 Å². The summed E-state index contributed by atoms with van der Waals surface area (Å²) >= 11 is 0. The Labute approximate surface area is 91.9 Å². The minimum atomic E-state index is 0.550. The van der Waals surface area contributed by atoms with Gasteiger partial charge in [0, 0.05) is 31.7 Å². The van der Waals surface area contributed by atoms with Crippen LogP contribution < -0.4 is 5.32 Å². The van der Waals surface area contributed by atoms with Crippen LogP contribution in [0.1, 0.15) is 13.3 Å². The zero-order valence-corrected chi connectivity index (χ0v) is 9.58. The van der Waals surface area contributed by atoms with Gasteiger partial charge in [0.2, 0.25) is 0 Å². The molecule has 0 bridgehead atoms. The lowest BCUT2D eigenvalue weighted by Gasteiger charge is -2.34. The second-order valence-electron chi connectivity index (χ2n) is 4.47. The van der Waals surface area contributed by atoms with Gasteiger partial charge < -0.3 is 14.8 Å². The van der Waals surface area contributed by atoms with Gasteiger partial charge in [-0.3, -0.25) is 4.90 Å². The molecule has 1 N–H and O–H groups in total. The number of nitrogens with one attached hydrogen (secondary N) is 1. The lowest BCUT2D eigenvalue weighted by atomic mass is 10.1. The van der Waals surface area contributed by atoms with Gasteiger partial charge >= 0.3 is 0 Å². The van der Waals surface area contributed by atoms with Gasteiger partial charge in [-0.1, -0.05) is 0 Å². The normalized spacial score (nSPS) is 34.2. The second-order valence-corrected chi connectivity index (χ2v) is 4.47. The van der Waals surface area contributed by atoms with Crippen molar-refractivity contribution in [2.45, 2.75) is 25.4 Å². The van der Waals surface area contributed by atoms with Gasteiger partial charge in [0.25, 0.3) is 0 Å². The maximum Gasteiger partial charge on any atom is 0.0620 e. The average Bonchev–Trinajstić information content (AvgIpc) is 2.29. The molecule has 0 amide bonds. The van der Waals surface area contributed by atoms with E-state index in [2.05, 4.69) is 17.1 Å². The van der Waals surface area contributed by atoms with E-state index in [9.17, 15) is 0 Å². The molecule has 2 unspecified atom stereocenters. The molecule has 2 aliphatic heterocycles. The quantitative estimate of drug-likeness (QED) is 0.722. The maximum absolute atomic E-state index is 5.44. The Bertz CT molecular complexity index is 183. The largest absolute Gasteiger partial charge is 0.379 e. The minimum Gasteiger partial charge on any atom is -0.379 e. The topological polar surface area (TPSA) is 33.7 Å². The zero-order chi connectivity index (χ0) is 10.5. The van der Waals surface area contributed by atoms with Crippen molar-refractivity contribution in [1.82, 2.24) is 10.2 Å². The Morgan fingerprint density at radius 1 is 1.27 bits per heavy atom. The van der Waals surface area contributed by atoms with Crippen LogP contribution >= 0.6 is 0 Å². The molecule has 0 aromatic carbocycles. The first kappa shape index (κ1) is 11.3. The van der Waals surface area contributed by atoms with E-state index in [1.54, 1.807) is 0 Å². The van der Waals surface area contributed by atoms with Crippen LogP contribution in [0.25, 0.3) is 0 Å². The molecule has 4 nitrogen and oxygen atoms in total. The molecule has 2 fully saturated rings. The molecule has 0 aromatic heterocycles. The highest BCUT2D eigenvalue weighted by atomic mass is 16.5. The summed E-state index contributed by atoms with van der Waals surface area (Å²) in [5, 5.41) is 3.49. The second kappa shape index (κ2) is 5.80. The number of nitrogens with zero attached hydrogens (tertiary/aromatic N) is 1. The Balaban J connectivity index is 1.67. The van der Waals surface area contributed by atoms with Crippen molar-refractivity contribution in [3.8, 4) is 0 Å². The summed E-state index contributed by atoms with van der Waals surface area (Å²) in [6, 6.07) is 1.12. The van der Waals surface area contributed by atoms with E-state index in [0.29, 0.717) is 12.1 Å². The highest BCUT2D eigenvalue weighted by Crippen LogP contribution is 2.08. The van der Waals surface area contributed by atoms with E-state index < -0.39 is 0 Å². The third-order valence-corrected chi connectivity index (χ3v) is 3.27. The number of rotatable bonds is 3. The van der Waals surface area contributed by atoms with Crippen LogP contribution in [-0.2, 0) is 9.47 Å². The predicted molar refractivity (Wildman–Crippen MR) is 59.1 cm³/mol. The Morgan fingerprint density at radius 3 is 2.87 bits per heavy atom. The molecule has 4 heteroatoms. The fourth-order valence-corrected chi connectivity index (χ4v) is 2.22. The predicted octanol–water partition coefficient (Wildman–Crippen LogP) is 0.0856. The minimum absolute atomic E-state index is 0.550. The van der Waals surface area contributed by atoms with Gasteiger partial charge in [-0.2, -0.15) is 0 Å². The first-order valence-corrected chi connectivity index (χ1v) is 5.99. The van der Waals surface area contributed by atoms with Crippen molar-refractivity contribution in [3.63, 3.8) is 0 Å². The summed E-state index contributed by atoms with van der Waals surface area (Å²) in [5.41, 5.74) is 0. The molecular weight excluding hydrogens is 192 g/mol. The highest BCUT2D eigenvalue weighted by Gasteiger charge is 2.20. The third-order valence-electron chi connectivity index (χ3n) is 3.27. The molecule has 2 heterocycles. The first-order valence-electron chi connectivity index (χ1n) is 5.99. The van der Waals surface area contributed by atoms with Crippen LogP contribution in [-0.4, -0.2) is 63.0 Å². The van der Waals surface area contributed by atoms with Gasteiger partial charge in [0.1, 0.15) is 0 Å². The summed E-state index contributed by atoms with van der Waals surface area (Å²) in [4.78, 5) is 2.51. The van der Waals surface area contributed by atoms with Crippen LogP contribution in [0.5, 0.6) is 0 Å². The molecule has 88 valence electrons. The summed E-state index contributed by atoms with van der Waals surface area (Å²) in [6.45, 7) is 8.99. The molecule has 2 rings (SSSR count). The molecule has 15 heavy (non-hydrogen) atoms. The fourth-order valence-electron chi connectivity index (χ4n) is 2.22. The van der Waals surface area contributed by atoms with Crippen LogP contribution in [0.4, 0.5) is 0 Å². The van der Waals surface area contributed by atoms with Crippen LogP contribution in [0, 0.1) is 0 Å². The van der Waals surface area contributed by atoms with E-state index in [0.717, 1.165) is 46.1 Å². The lowest BCUT2D eigenvalue weighted by Crippen LogP contribution is -2.47. The van der Waals surface area contributed by atoms with Gasteiger partial charge in [-0.05, 0) is 13.3 Å². The van der Waals surface area contributed by atoms with Crippen LogP contribution in [0.3, 0.4) is 0 Å². The summed E-state index contributed by atoms with van der Waals surface area (Å²) in [7, 11) is 0. The molecular formula is C11H22N2O2. The SMILES string of the molecule is CC1COCCN1CCC1COCCN1. The number of hydrogen-bond donors (Lipinski definition) is 1. The van der Waals surface area contributed by atoms with Crippen molar-refractivity contribution in [1.29, 1.82) is 0 Å². The third kappa shape index (κ3) is 3.41. The van der Waals surface area contributed by atoms with Gasteiger partial charge in [-0.15, -0.1) is 0 Å². The molecule has 2 saturated heterocycles. The first-order chi connectivity index (χ1) is 7.36. The summed E-state index contributed by atoms with van der Waals surface area (Å²) < 4.78 is 10.9. The number of ether oxygens (including phenoxy) is 2. The Kier molecular flexibility index (Phi) is 4.38. The Morgan fingerprint density at radius 2 is 2.13 bits per heavy atom. The molecule has 0 radical (unpaired) electrons. The van der Waals surface area contributed by atoms with Crippen molar-refractivity contribution < 1.29 is 9.47 Å². The Hall–Kier alpha value is -0.160. The van der Waals surface area contributed by atoms with E-state index in [-0.39, 0.29) is 0 Å². The molecule has 0 aromatic rings. The van der Waals surface area contributed by atoms with Gasteiger partial charge in [0.15, 0.2) is 0 Å². The fraction of sp³-hybridized carbons (Fsp3) is 1.00. The summed E-state index contributed by atoms with van der Waals surface area (Å²) in [6.07, 6.45) is 1.18. The molecule has 0 aliphatic carbocycles. The van der Waals surface area contributed by atoms with Gasteiger partial charge in [0.05, 0.1) is 26.4 Å². The van der Waals surface area contributed by atoms with Crippen LogP contribution in [0.15, 0.2) is 0 Å². The van der Waals surface area contributed by atoms with Crippen molar-refractivity contribution in [2.75, 3.05) is 46.1 Å². The summed E-state index contributed by atoms with van der Waals surface area (Å²) in [5.74, 6) is 0. The molecule has 0 spiro atoms. The van der Waals surface area contributed by atoms with Crippen molar-refractivity contribution >= 4 is 0 Å².